The molecule has 0 radical (unpaired) electrons. The molecule has 106 valence electrons. The molecule has 0 amide bonds. The molecular formula is C13H13Cl2FN4. The minimum atomic E-state index is -0.489. The lowest BCUT2D eigenvalue weighted by Crippen LogP contribution is -2.05. The van der Waals surface area contributed by atoms with Gasteiger partial charge in [-0.3, -0.25) is 0 Å². The Morgan fingerprint density at radius 3 is 2.15 bits per heavy atom. The van der Waals surface area contributed by atoms with Gasteiger partial charge < -0.3 is 10.6 Å². The van der Waals surface area contributed by atoms with Gasteiger partial charge in [0.05, 0.1) is 15.7 Å². The van der Waals surface area contributed by atoms with Gasteiger partial charge in [-0.05, 0) is 26.0 Å². The van der Waals surface area contributed by atoms with Crippen molar-refractivity contribution in [1.29, 1.82) is 0 Å². The van der Waals surface area contributed by atoms with E-state index in [9.17, 15) is 4.39 Å². The molecule has 2 aromatic rings. The normalized spacial score (nSPS) is 10.5. The first-order valence-corrected chi connectivity index (χ1v) is 6.62. The molecule has 0 saturated heterocycles. The number of aryl methyl sites for hydroxylation is 1. The van der Waals surface area contributed by atoms with Crippen LogP contribution in [0.2, 0.25) is 10.0 Å². The Kier molecular flexibility index (Phi) is 4.30. The third kappa shape index (κ3) is 2.94. The third-order valence-electron chi connectivity index (χ3n) is 2.74. The van der Waals surface area contributed by atoms with Crippen LogP contribution < -0.4 is 10.6 Å². The Hall–Kier alpha value is -1.59. The van der Waals surface area contributed by atoms with Gasteiger partial charge in [0.2, 0.25) is 0 Å². The summed E-state index contributed by atoms with van der Waals surface area (Å²) in [5, 5.41) is 6.40. The Bertz CT molecular complexity index is 638. The minimum absolute atomic E-state index is 0.191. The lowest BCUT2D eigenvalue weighted by atomic mass is 10.2. The highest BCUT2D eigenvalue weighted by Crippen LogP contribution is 2.34. The predicted octanol–water partition coefficient (Wildman–Crippen LogP) is 4.32. The first kappa shape index (κ1) is 14.8. The molecule has 20 heavy (non-hydrogen) atoms. The first-order chi connectivity index (χ1) is 9.42. The summed E-state index contributed by atoms with van der Waals surface area (Å²) in [5.74, 6) is 1.38. The summed E-state index contributed by atoms with van der Waals surface area (Å²) in [7, 11) is 1.77. The highest BCUT2D eigenvalue weighted by Gasteiger charge is 2.13. The van der Waals surface area contributed by atoms with Crippen LogP contribution in [0.3, 0.4) is 0 Å². The van der Waals surface area contributed by atoms with Crippen molar-refractivity contribution in [3.8, 4) is 0 Å². The molecule has 0 spiro atoms. The van der Waals surface area contributed by atoms with Gasteiger partial charge in [-0.25, -0.2) is 14.4 Å². The summed E-state index contributed by atoms with van der Waals surface area (Å²) in [6.45, 7) is 3.64. The fourth-order valence-electron chi connectivity index (χ4n) is 1.77. The summed E-state index contributed by atoms with van der Waals surface area (Å²) in [6.07, 6.45) is 0. The lowest BCUT2D eigenvalue weighted by Gasteiger charge is -2.14. The van der Waals surface area contributed by atoms with Crippen molar-refractivity contribution in [2.75, 3.05) is 17.7 Å². The number of hydrogen-bond donors (Lipinski definition) is 2. The van der Waals surface area contributed by atoms with Gasteiger partial charge in [-0.15, -0.1) is 0 Å². The van der Waals surface area contributed by atoms with E-state index < -0.39 is 5.82 Å². The number of anilines is 3. The van der Waals surface area contributed by atoms with Crippen LogP contribution >= 0.6 is 23.2 Å². The number of benzene rings is 1. The molecule has 2 N–H and O–H groups in total. The summed E-state index contributed by atoms with van der Waals surface area (Å²) in [5.41, 5.74) is 1.23. The molecule has 0 saturated carbocycles. The Morgan fingerprint density at radius 2 is 1.60 bits per heavy atom. The standard InChI is InChI=1S/C13H13Cl2FN4/c1-6-12(17-3)18-7(2)19-13(6)20-11-9(14)4-8(16)5-10(11)15/h4-5H,1-3H3,(H2,17,18,19,20). The monoisotopic (exact) mass is 314 g/mol. The van der Waals surface area contributed by atoms with Gasteiger partial charge in [0, 0.05) is 12.6 Å². The van der Waals surface area contributed by atoms with Gasteiger partial charge in [-0.2, -0.15) is 0 Å². The van der Waals surface area contributed by atoms with Gasteiger partial charge in [0.25, 0.3) is 0 Å². The summed E-state index contributed by atoms with van der Waals surface area (Å²) >= 11 is 12.0. The second-order valence-electron chi connectivity index (χ2n) is 4.21. The summed E-state index contributed by atoms with van der Waals surface area (Å²) in [6, 6.07) is 2.39. The SMILES string of the molecule is CNc1nc(C)nc(Nc2c(Cl)cc(F)cc2Cl)c1C. The average Bonchev–Trinajstić information content (AvgIpc) is 2.37. The van der Waals surface area contributed by atoms with E-state index in [1.807, 2.05) is 6.92 Å². The summed E-state index contributed by atoms with van der Waals surface area (Å²) < 4.78 is 13.2. The van der Waals surface area contributed by atoms with Crippen LogP contribution in [0.1, 0.15) is 11.4 Å². The Balaban J connectivity index is 2.48. The topological polar surface area (TPSA) is 49.8 Å². The zero-order valence-electron chi connectivity index (χ0n) is 11.2. The van der Waals surface area contributed by atoms with Crippen LogP contribution in [0.15, 0.2) is 12.1 Å². The molecule has 0 aliphatic rings. The molecular weight excluding hydrogens is 302 g/mol. The zero-order valence-corrected chi connectivity index (χ0v) is 12.7. The number of halogens is 3. The highest BCUT2D eigenvalue weighted by atomic mass is 35.5. The maximum atomic E-state index is 13.2. The second kappa shape index (κ2) is 5.81. The van der Waals surface area contributed by atoms with Crippen molar-refractivity contribution in [1.82, 2.24) is 9.97 Å². The van der Waals surface area contributed by atoms with E-state index in [0.29, 0.717) is 23.1 Å². The van der Waals surface area contributed by atoms with E-state index in [1.54, 1.807) is 14.0 Å². The molecule has 7 heteroatoms. The Labute approximate surface area is 126 Å². The second-order valence-corrected chi connectivity index (χ2v) is 5.03. The Morgan fingerprint density at radius 1 is 1.05 bits per heavy atom. The lowest BCUT2D eigenvalue weighted by molar-refractivity contribution is 0.628. The number of aromatic nitrogens is 2. The molecule has 1 aromatic carbocycles. The first-order valence-electron chi connectivity index (χ1n) is 5.87. The zero-order chi connectivity index (χ0) is 14.9. The smallest absolute Gasteiger partial charge is 0.139 e. The molecule has 0 bridgehead atoms. The van der Waals surface area contributed by atoms with E-state index in [1.165, 1.54) is 12.1 Å². The van der Waals surface area contributed by atoms with Crippen LogP contribution in [0, 0.1) is 19.7 Å². The van der Waals surface area contributed by atoms with Gasteiger partial charge in [0.15, 0.2) is 0 Å². The quantitative estimate of drug-likeness (QED) is 0.885. The molecule has 2 rings (SSSR count). The van der Waals surface area contributed by atoms with E-state index in [-0.39, 0.29) is 10.0 Å². The van der Waals surface area contributed by atoms with Crippen LogP contribution in [-0.2, 0) is 0 Å². The molecule has 1 heterocycles. The molecule has 0 atom stereocenters. The van der Waals surface area contributed by atoms with Crippen LogP contribution in [0.4, 0.5) is 21.7 Å². The van der Waals surface area contributed by atoms with E-state index in [0.717, 1.165) is 5.56 Å². The highest BCUT2D eigenvalue weighted by molar-refractivity contribution is 6.39. The molecule has 4 nitrogen and oxygen atoms in total. The molecule has 1 aromatic heterocycles. The average molecular weight is 315 g/mol. The molecule has 0 aliphatic heterocycles. The van der Waals surface area contributed by atoms with Crippen LogP contribution in [-0.4, -0.2) is 17.0 Å². The fourth-order valence-corrected chi connectivity index (χ4v) is 2.33. The summed E-state index contributed by atoms with van der Waals surface area (Å²) in [4.78, 5) is 8.57. The van der Waals surface area contributed by atoms with Gasteiger partial charge in [-0.1, -0.05) is 23.2 Å². The van der Waals surface area contributed by atoms with Crippen molar-refractivity contribution >= 4 is 40.5 Å². The predicted molar refractivity (Wildman–Crippen MR) is 80.8 cm³/mol. The van der Waals surface area contributed by atoms with Crippen molar-refractivity contribution in [3.05, 3.63) is 39.4 Å². The van der Waals surface area contributed by atoms with Crippen molar-refractivity contribution in [3.63, 3.8) is 0 Å². The van der Waals surface area contributed by atoms with Crippen LogP contribution in [0.5, 0.6) is 0 Å². The third-order valence-corrected chi connectivity index (χ3v) is 3.34. The molecule has 0 aliphatic carbocycles. The maximum Gasteiger partial charge on any atom is 0.139 e. The maximum absolute atomic E-state index is 13.2. The van der Waals surface area contributed by atoms with Gasteiger partial charge in [0.1, 0.15) is 23.3 Å². The minimum Gasteiger partial charge on any atom is -0.373 e. The van der Waals surface area contributed by atoms with Gasteiger partial charge >= 0.3 is 0 Å². The largest absolute Gasteiger partial charge is 0.373 e. The molecule has 0 unspecified atom stereocenters. The van der Waals surface area contributed by atoms with E-state index >= 15 is 0 Å². The number of nitrogens with one attached hydrogen (secondary N) is 2. The fraction of sp³-hybridized carbons (Fsp3) is 0.231. The molecule has 0 fully saturated rings. The van der Waals surface area contributed by atoms with E-state index in [4.69, 9.17) is 23.2 Å². The number of nitrogens with zero attached hydrogens (tertiary/aromatic N) is 2. The van der Waals surface area contributed by atoms with Crippen LogP contribution in [0.25, 0.3) is 0 Å². The van der Waals surface area contributed by atoms with Crippen molar-refractivity contribution in [2.24, 2.45) is 0 Å². The van der Waals surface area contributed by atoms with Crippen molar-refractivity contribution in [2.45, 2.75) is 13.8 Å². The number of hydrogen-bond acceptors (Lipinski definition) is 4. The van der Waals surface area contributed by atoms with E-state index in [2.05, 4.69) is 20.6 Å². The van der Waals surface area contributed by atoms with Crippen molar-refractivity contribution < 1.29 is 4.39 Å². The number of rotatable bonds is 3.